The van der Waals surface area contributed by atoms with Gasteiger partial charge < -0.3 is 9.52 Å². The quantitative estimate of drug-likeness (QED) is 0.885. The zero-order valence-electron chi connectivity index (χ0n) is 10.2. The number of nitrogens with zero attached hydrogens (tertiary/aromatic N) is 1. The number of hydrogen-bond donors (Lipinski definition) is 1. The molecule has 2 aromatic rings. The van der Waals surface area contributed by atoms with Gasteiger partial charge in [-0.1, -0.05) is 6.07 Å². The highest BCUT2D eigenvalue weighted by atomic mass is 16.4. The predicted molar refractivity (Wildman–Crippen MR) is 63.9 cm³/mol. The number of aromatic nitrogens is 1. The molecule has 2 rings (SSSR count). The van der Waals surface area contributed by atoms with E-state index in [1.54, 1.807) is 20.8 Å². The third kappa shape index (κ3) is 2.30. The molecular weight excluding hydrogens is 218 g/mol. The summed E-state index contributed by atoms with van der Waals surface area (Å²) < 4.78 is 5.42. The van der Waals surface area contributed by atoms with Gasteiger partial charge in [0.15, 0.2) is 11.5 Å². The summed E-state index contributed by atoms with van der Waals surface area (Å²) in [6, 6.07) is 5.62. The molecule has 4 heteroatoms. The van der Waals surface area contributed by atoms with E-state index in [1.807, 2.05) is 18.2 Å². The van der Waals surface area contributed by atoms with E-state index < -0.39 is 11.4 Å². The van der Waals surface area contributed by atoms with Crippen LogP contribution in [0.3, 0.4) is 0 Å². The van der Waals surface area contributed by atoms with E-state index in [4.69, 9.17) is 9.52 Å². The first-order chi connectivity index (χ1) is 7.88. The van der Waals surface area contributed by atoms with Crippen LogP contribution in [0.4, 0.5) is 0 Å². The van der Waals surface area contributed by atoms with Crippen LogP contribution in [0, 0.1) is 12.3 Å². The average molecular weight is 233 g/mol. The Morgan fingerprint density at radius 3 is 2.82 bits per heavy atom. The van der Waals surface area contributed by atoms with Crippen molar-refractivity contribution in [3.8, 4) is 0 Å². The Labute approximate surface area is 99.3 Å². The first-order valence-corrected chi connectivity index (χ1v) is 5.48. The number of aryl methyl sites for hydroxylation is 1. The van der Waals surface area contributed by atoms with E-state index >= 15 is 0 Å². The van der Waals surface area contributed by atoms with Gasteiger partial charge >= 0.3 is 5.97 Å². The van der Waals surface area contributed by atoms with Crippen LogP contribution < -0.4 is 0 Å². The first kappa shape index (κ1) is 11.6. The maximum Gasteiger partial charge on any atom is 0.309 e. The molecule has 0 spiro atoms. The number of aliphatic carboxylic acids is 1. The fraction of sp³-hybridized carbons (Fsp3) is 0.385. The molecule has 0 saturated heterocycles. The fourth-order valence-corrected chi connectivity index (χ4v) is 1.78. The Hall–Kier alpha value is -1.84. The molecule has 0 radical (unpaired) electrons. The Morgan fingerprint density at radius 2 is 2.18 bits per heavy atom. The van der Waals surface area contributed by atoms with E-state index in [-0.39, 0.29) is 0 Å². The summed E-state index contributed by atoms with van der Waals surface area (Å²) in [7, 11) is 0. The third-order valence-electron chi connectivity index (χ3n) is 2.78. The predicted octanol–water partition coefficient (Wildman–Crippen LogP) is 2.79. The minimum absolute atomic E-state index is 0.470. The highest BCUT2D eigenvalue weighted by Gasteiger charge is 2.27. The van der Waals surface area contributed by atoms with Gasteiger partial charge in [0.1, 0.15) is 5.52 Å². The molecule has 0 aliphatic rings. The van der Waals surface area contributed by atoms with Crippen molar-refractivity contribution in [1.29, 1.82) is 0 Å². The normalized spacial score (nSPS) is 11.9. The van der Waals surface area contributed by atoms with E-state index in [0.717, 1.165) is 11.1 Å². The van der Waals surface area contributed by atoms with Gasteiger partial charge in [-0.15, -0.1) is 0 Å². The van der Waals surface area contributed by atoms with Crippen LogP contribution >= 0.6 is 0 Å². The molecule has 0 fully saturated rings. The van der Waals surface area contributed by atoms with Crippen LogP contribution in [0.2, 0.25) is 0 Å². The fourth-order valence-electron chi connectivity index (χ4n) is 1.78. The number of rotatable bonds is 3. The van der Waals surface area contributed by atoms with Crippen LogP contribution in [0.15, 0.2) is 22.6 Å². The molecule has 0 saturated carbocycles. The average Bonchev–Trinajstić information content (AvgIpc) is 2.56. The second-order valence-corrected chi connectivity index (χ2v) is 4.90. The molecule has 1 aromatic heterocycles. The van der Waals surface area contributed by atoms with Gasteiger partial charge in [0.05, 0.1) is 5.41 Å². The summed E-state index contributed by atoms with van der Waals surface area (Å²) in [6.07, 6.45) is 0.470. The highest BCUT2D eigenvalue weighted by Crippen LogP contribution is 2.24. The summed E-state index contributed by atoms with van der Waals surface area (Å²) >= 11 is 0. The number of fused-ring (bicyclic) bond motifs is 1. The number of oxazole rings is 1. The molecule has 17 heavy (non-hydrogen) atoms. The van der Waals surface area contributed by atoms with Crippen molar-refractivity contribution < 1.29 is 14.3 Å². The Balaban J connectivity index is 2.34. The molecule has 1 N–H and O–H groups in total. The number of carbonyl (C=O) groups is 1. The molecule has 1 heterocycles. The molecule has 0 aliphatic heterocycles. The van der Waals surface area contributed by atoms with E-state index in [2.05, 4.69) is 4.98 Å². The van der Waals surface area contributed by atoms with Gasteiger partial charge in [0, 0.05) is 6.92 Å². The van der Waals surface area contributed by atoms with Crippen molar-refractivity contribution in [3.63, 3.8) is 0 Å². The van der Waals surface area contributed by atoms with Crippen molar-refractivity contribution in [2.45, 2.75) is 27.2 Å². The molecule has 1 aromatic carbocycles. The first-order valence-electron chi connectivity index (χ1n) is 5.48. The van der Waals surface area contributed by atoms with Crippen molar-refractivity contribution >= 4 is 17.1 Å². The van der Waals surface area contributed by atoms with Crippen molar-refractivity contribution in [1.82, 2.24) is 4.98 Å². The zero-order valence-corrected chi connectivity index (χ0v) is 10.2. The number of hydrogen-bond acceptors (Lipinski definition) is 3. The van der Waals surface area contributed by atoms with Gasteiger partial charge in [-0.2, -0.15) is 0 Å². The molecule has 0 unspecified atom stereocenters. The lowest BCUT2D eigenvalue weighted by molar-refractivity contribution is -0.146. The summed E-state index contributed by atoms with van der Waals surface area (Å²) in [4.78, 5) is 15.3. The van der Waals surface area contributed by atoms with Gasteiger partial charge in [-0.3, -0.25) is 4.79 Å². The lowest BCUT2D eigenvalue weighted by Crippen LogP contribution is -2.26. The zero-order chi connectivity index (χ0) is 12.6. The maximum absolute atomic E-state index is 11.1. The number of carboxylic acid groups (broad SMARTS) is 1. The standard InChI is InChI=1S/C13H15NO3/c1-8-14-10-5-4-9(6-11(10)17-8)7-13(2,3)12(15)16/h4-6H,7H2,1-3H3,(H,15,16). The van der Waals surface area contributed by atoms with Crippen LogP contribution in [0.1, 0.15) is 25.3 Å². The molecule has 0 amide bonds. The van der Waals surface area contributed by atoms with Crippen LogP contribution in [0.5, 0.6) is 0 Å². The van der Waals surface area contributed by atoms with Gasteiger partial charge in [-0.25, -0.2) is 4.98 Å². The van der Waals surface area contributed by atoms with Crippen LogP contribution in [-0.4, -0.2) is 16.1 Å². The van der Waals surface area contributed by atoms with E-state index in [0.29, 0.717) is 17.9 Å². The molecule has 90 valence electrons. The minimum atomic E-state index is -0.800. The summed E-state index contributed by atoms with van der Waals surface area (Å²) in [5.41, 5.74) is 1.68. The smallest absolute Gasteiger partial charge is 0.309 e. The highest BCUT2D eigenvalue weighted by molar-refractivity contribution is 5.76. The van der Waals surface area contributed by atoms with Crippen LogP contribution in [0.25, 0.3) is 11.1 Å². The molecular formula is C13H15NO3. The monoisotopic (exact) mass is 233 g/mol. The van der Waals surface area contributed by atoms with Crippen molar-refractivity contribution in [2.75, 3.05) is 0 Å². The Kier molecular flexibility index (Phi) is 2.65. The van der Waals surface area contributed by atoms with Gasteiger partial charge in [0.2, 0.25) is 0 Å². The SMILES string of the molecule is Cc1nc2ccc(CC(C)(C)C(=O)O)cc2o1. The van der Waals surface area contributed by atoms with Gasteiger partial charge in [-0.05, 0) is 38.0 Å². The molecule has 0 bridgehead atoms. The lowest BCUT2D eigenvalue weighted by atomic mass is 9.86. The number of carboxylic acids is 1. The maximum atomic E-state index is 11.1. The minimum Gasteiger partial charge on any atom is -0.481 e. The van der Waals surface area contributed by atoms with E-state index in [1.165, 1.54) is 0 Å². The summed E-state index contributed by atoms with van der Waals surface area (Å²) in [5, 5.41) is 9.08. The topological polar surface area (TPSA) is 63.3 Å². The molecule has 0 atom stereocenters. The summed E-state index contributed by atoms with van der Waals surface area (Å²) in [5.74, 6) is -0.180. The van der Waals surface area contributed by atoms with Crippen LogP contribution in [-0.2, 0) is 11.2 Å². The molecule has 4 nitrogen and oxygen atoms in total. The molecule has 0 aliphatic carbocycles. The second kappa shape index (κ2) is 3.87. The van der Waals surface area contributed by atoms with Gasteiger partial charge in [0.25, 0.3) is 0 Å². The van der Waals surface area contributed by atoms with Crippen molar-refractivity contribution in [3.05, 3.63) is 29.7 Å². The largest absolute Gasteiger partial charge is 0.481 e. The summed E-state index contributed by atoms with van der Waals surface area (Å²) in [6.45, 7) is 5.22. The third-order valence-corrected chi connectivity index (χ3v) is 2.78. The van der Waals surface area contributed by atoms with E-state index in [9.17, 15) is 4.79 Å². The van der Waals surface area contributed by atoms with Crippen molar-refractivity contribution in [2.24, 2.45) is 5.41 Å². The second-order valence-electron chi connectivity index (χ2n) is 4.90. The Bertz CT molecular complexity index is 569. The lowest BCUT2D eigenvalue weighted by Gasteiger charge is -2.18. The number of benzene rings is 1. The Morgan fingerprint density at radius 1 is 1.47 bits per heavy atom.